The van der Waals surface area contributed by atoms with Crippen LogP contribution in [0.25, 0.3) is 16.9 Å². The molecule has 0 saturated carbocycles. The van der Waals surface area contributed by atoms with Gasteiger partial charge in [0.2, 0.25) is 11.8 Å². The fourth-order valence-electron chi connectivity index (χ4n) is 3.65. The van der Waals surface area contributed by atoms with E-state index in [9.17, 15) is 27.2 Å². The Morgan fingerprint density at radius 3 is 2.62 bits per heavy atom. The maximum absolute atomic E-state index is 14.4. The summed E-state index contributed by atoms with van der Waals surface area (Å²) in [6, 6.07) is 6.23. The quantitative estimate of drug-likeness (QED) is 0.308. The summed E-state index contributed by atoms with van der Waals surface area (Å²) in [6.45, 7) is 3.11. The van der Waals surface area contributed by atoms with Crippen LogP contribution in [0.4, 0.5) is 23.4 Å². The molecule has 2 N–H and O–H groups in total. The van der Waals surface area contributed by atoms with Crippen LogP contribution in [-0.2, 0) is 4.79 Å². The lowest BCUT2D eigenvalue weighted by molar-refractivity contribution is -0.274. The summed E-state index contributed by atoms with van der Waals surface area (Å²) in [4.78, 5) is 33.2. The van der Waals surface area contributed by atoms with Crippen molar-refractivity contribution in [3.05, 3.63) is 65.7 Å². The maximum atomic E-state index is 14.4. The maximum Gasteiger partial charge on any atom is 0.573 e. The number of hydrogen-bond acceptors (Lipinski definition) is 7. The molecular formula is C25H22F4N6O4. The third-order valence-corrected chi connectivity index (χ3v) is 5.51. The fraction of sp³-hybridized carbons (Fsp3) is 0.240. The van der Waals surface area contributed by atoms with Gasteiger partial charge in [-0.25, -0.2) is 18.9 Å². The molecule has 0 fully saturated rings. The monoisotopic (exact) mass is 546 g/mol. The van der Waals surface area contributed by atoms with Crippen LogP contribution in [-0.4, -0.2) is 44.9 Å². The molecule has 0 unspecified atom stereocenters. The van der Waals surface area contributed by atoms with Gasteiger partial charge in [-0.15, -0.1) is 13.2 Å². The van der Waals surface area contributed by atoms with Crippen molar-refractivity contribution < 1.29 is 36.6 Å². The van der Waals surface area contributed by atoms with Gasteiger partial charge in [0, 0.05) is 23.7 Å². The number of carbonyl (C=O) groups excluding carboxylic acids is 2. The number of nitrogens with zero attached hydrogens (tertiary/aromatic N) is 4. The standard InChI is InChI=1S/C25H22F4N6O4/c1-4-22(36)33-20-12-35-21(32-20)8-7-19(34-35)14-9-17(24(38-3)30-11-14)23(37)31-13(2)16-10-15(5-6-18(16)26)39-25(27,28)29/h5-13H,4H2,1-3H3,(H,31,37)(H,33,36)/t13-/m1/s1. The number of anilines is 1. The number of nitrogens with one attached hydrogen (secondary N) is 2. The lowest BCUT2D eigenvalue weighted by atomic mass is 10.1. The summed E-state index contributed by atoms with van der Waals surface area (Å²) < 4.78 is 62.6. The Balaban J connectivity index is 1.60. The van der Waals surface area contributed by atoms with E-state index in [2.05, 4.69) is 30.4 Å². The number of imidazole rings is 1. The number of pyridine rings is 1. The van der Waals surface area contributed by atoms with Gasteiger partial charge in [-0.1, -0.05) is 6.92 Å². The van der Waals surface area contributed by atoms with Crippen molar-refractivity contribution in [1.82, 2.24) is 24.9 Å². The lowest BCUT2D eigenvalue weighted by Gasteiger charge is -2.18. The Bertz CT molecular complexity index is 1540. The molecule has 3 heterocycles. The number of fused-ring (bicyclic) bond motifs is 1. The van der Waals surface area contributed by atoms with Crippen LogP contribution < -0.4 is 20.1 Å². The number of hydrogen-bond donors (Lipinski definition) is 2. The van der Waals surface area contributed by atoms with Crippen molar-refractivity contribution in [2.75, 3.05) is 12.4 Å². The zero-order valence-corrected chi connectivity index (χ0v) is 20.8. The molecule has 1 atom stereocenters. The van der Waals surface area contributed by atoms with Gasteiger partial charge >= 0.3 is 6.36 Å². The van der Waals surface area contributed by atoms with Crippen molar-refractivity contribution in [2.24, 2.45) is 0 Å². The number of aromatic nitrogens is 4. The fourth-order valence-corrected chi connectivity index (χ4v) is 3.65. The molecular weight excluding hydrogens is 524 g/mol. The van der Waals surface area contributed by atoms with Crippen LogP contribution in [0.15, 0.2) is 48.8 Å². The van der Waals surface area contributed by atoms with E-state index >= 15 is 0 Å². The molecule has 204 valence electrons. The Morgan fingerprint density at radius 2 is 1.92 bits per heavy atom. The summed E-state index contributed by atoms with van der Waals surface area (Å²) in [7, 11) is 1.31. The van der Waals surface area contributed by atoms with Crippen LogP contribution in [0.5, 0.6) is 11.6 Å². The van der Waals surface area contributed by atoms with Crippen molar-refractivity contribution in [3.63, 3.8) is 0 Å². The Morgan fingerprint density at radius 1 is 1.15 bits per heavy atom. The normalized spacial score (nSPS) is 12.2. The van der Waals surface area contributed by atoms with Crippen molar-refractivity contribution in [2.45, 2.75) is 32.7 Å². The predicted molar refractivity (Wildman–Crippen MR) is 131 cm³/mol. The van der Waals surface area contributed by atoms with Crippen molar-refractivity contribution >= 4 is 23.3 Å². The largest absolute Gasteiger partial charge is 0.573 e. The van der Waals surface area contributed by atoms with E-state index in [0.717, 1.165) is 18.2 Å². The lowest BCUT2D eigenvalue weighted by Crippen LogP contribution is -2.28. The molecule has 0 saturated heterocycles. The number of alkyl halides is 3. The zero-order valence-electron chi connectivity index (χ0n) is 20.8. The van der Waals surface area contributed by atoms with Gasteiger partial charge in [-0.3, -0.25) is 9.59 Å². The smallest absolute Gasteiger partial charge is 0.480 e. The number of ether oxygens (including phenoxy) is 2. The zero-order chi connectivity index (χ0) is 28.3. The van der Waals surface area contributed by atoms with Crippen LogP contribution >= 0.6 is 0 Å². The first-order chi connectivity index (χ1) is 18.5. The third-order valence-electron chi connectivity index (χ3n) is 5.51. The number of methoxy groups -OCH3 is 1. The first-order valence-electron chi connectivity index (χ1n) is 11.5. The van der Waals surface area contributed by atoms with Crippen molar-refractivity contribution in [1.29, 1.82) is 0 Å². The molecule has 10 nitrogen and oxygen atoms in total. The van der Waals surface area contributed by atoms with E-state index in [1.165, 1.54) is 37.0 Å². The predicted octanol–water partition coefficient (Wildman–Crippen LogP) is 4.68. The average molecular weight is 546 g/mol. The second-order valence-corrected chi connectivity index (χ2v) is 8.26. The van der Waals surface area contributed by atoms with Crippen molar-refractivity contribution in [3.8, 4) is 22.9 Å². The van der Waals surface area contributed by atoms with E-state index in [4.69, 9.17) is 4.74 Å². The molecule has 0 spiro atoms. The molecule has 4 aromatic rings. The summed E-state index contributed by atoms with van der Waals surface area (Å²) in [5.41, 5.74) is 1.07. The number of benzene rings is 1. The van der Waals surface area contributed by atoms with E-state index in [0.29, 0.717) is 22.7 Å². The second kappa shape index (κ2) is 10.9. The molecule has 0 bridgehead atoms. The molecule has 0 aliphatic rings. The van der Waals surface area contributed by atoms with Gasteiger partial charge in [0.1, 0.15) is 17.1 Å². The molecule has 0 radical (unpaired) electrons. The minimum Gasteiger partial charge on any atom is -0.480 e. The van der Waals surface area contributed by atoms with E-state index in [1.807, 2.05) is 0 Å². The average Bonchev–Trinajstić information content (AvgIpc) is 3.29. The highest BCUT2D eigenvalue weighted by atomic mass is 19.4. The summed E-state index contributed by atoms with van der Waals surface area (Å²) in [6.07, 6.45) is -1.71. The topological polar surface area (TPSA) is 120 Å². The third kappa shape index (κ3) is 6.40. The van der Waals surface area contributed by atoms with E-state index < -0.39 is 29.9 Å². The van der Waals surface area contributed by atoms with Gasteiger partial charge in [-0.05, 0) is 43.3 Å². The molecule has 0 aliphatic heterocycles. The van der Waals surface area contributed by atoms with Crippen LogP contribution in [0, 0.1) is 5.82 Å². The Hall–Kier alpha value is -4.75. The molecule has 14 heteroatoms. The van der Waals surface area contributed by atoms with Gasteiger partial charge < -0.3 is 20.1 Å². The van der Waals surface area contributed by atoms with Crippen LogP contribution in [0.2, 0.25) is 0 Å². The first-order valence-corrected chi connectivity index (χ1v) is 11.5. The molecule has 0 aliphatic carbocycles. The van der Waals surface area contributed by atoms with Gasteiger partial charge in [0.05, 0.1) is 25.0 Å². The SMILES string of the molecule is CCC(=O)Nc1cn2nc(-c3cnc(OC)c(C(=O)N[C@H](C)c4cc(OC(F)(F)F)ccc4F)c3)ccc2n1. The second-order valence-electron chi connectivity index (χ2n) is 8.26. The number of carbonyl (C=O) groups is 2. The first kappa shape index (κ1) is 27.3. The highest BCUT2D eigenvalue weighted by Crippen LogP contribution is 2.29. The minimum atomic E-state index is -4.96. The number of rotatable bonds is 8. The molecule has 1 aromatic carbocycles. The molecule has 2 amide bonds. The summed E-state index contributed by atoms with van der Waals surface area (Å²) in [5, 5.41) is 9.64. The van der Waals surface area contributed by atoms with E-state index in [1.54, 1.807) is 19.1 Å². The Kier molecular flexibility index (Phi) is 7.65. The minimum absolute atomic E-state index is 0.0200. The number of amides is 2. The number of halogens is 4. The van der Waals surface area contributed by atoms with Crippen LogP contribution in [0.3, 0.4) is 0 Å². The van der Waals surface area contributed by atoms with Crippen LogP contribution in [0.1, 0.15) is 42.2 Å². The van der Waals surface area contributed by atoms with E-state index in [-0.39, 0.29) is 29.3 Å². The Labute approximate surface area is 219 Å². The molecule has 39 heavy (non-hydrogen) atoms. The summed E-state index contributed by atoms with van der Waals surface area (Å²) in [5.74, 6) is -2.09. The molecule has 3 aromatic heterocycles. The summed E-state index contributed by atoms with van der Waals surface area (Å²) >= 11 is 0. The van der Waals surface area contributed by atoms with Gasteiger partial charge in [0.15, 0.2) is 11.5 Å². The highest BCUT2D eigenvalue weighted by Gasteiger charge is 2.31. The van der Waals surface area contributed by atoms with Gasteiger partial charge in [0.25, 0.3) is 5.91 Å². The highest BCUT2D eigenvalue weighted by molar-refractivity contribution is 5.97. The molecule has 4 rings (SSSR count). The van der Waals surface area contributed by atoms with Gasteiger partial charge in [-0.2, -0.15) is 5.10 Å².